The van der Waals surface area contributed by atoms with Crippen molar-refractivity contribution in [1.29, 1.82) is 0 Å². The molecule has 1 aliphatic heterocycles. The lowest BCUT2D eigenvalue weighted by Crippen LogP contribution is -2.31. The number of carbonyl (C=O) groups excluding carboxylic acids is 2. The molecule has 0 saturated carbocycles. The molecule has 0 unspecified atom stereocenters. The molecular weight excluding hydrogens is 647 g/mol. The standard InChI is InChI=1S/C37H37N3O6S2/c41-22-24-11-13-27(14-12-24)32-20-30(23-47-37-39-31-7-1-2-8-33(31)48-37)45-36(46-32)28-17-15-26(16-18-28)29-6-3-5-25(19-29)21-38-34(42)9-4-10-35(43)40-44/h1-3,5-8,11-19,30,32,36,41,44H,4,9-10,20-23H2,(H,38,42)(H,40,43)/t30-,32+,36+/m1/s1. The van der Waals surface area contributed by atoms with Gasteiger partial charge in [0.15, 0.2) is 10.6 Å². The van der Waals surface area contributed by atoms with Crippen LogP contribution in [0.4, 0.5) is 0 Å². The van der Waals surface area contributed by atoms with E-state index in [9.17, 15) is 14.7 Å². The van der Waals surface area contributed by atoms with E-state index in [-0.39, 0.29) is 37.6 Å². The zero-order valence-corrected chi connectivity index (χ0v) is 27.8. The fourth-order valence-electron chi connectivity index (χ4n) is 5.55. The predicted octanol–water partition coefficient (Wildman–Crippen LogP) is 7.09. The number of amides is 2. The van der Waals surface area contributed by atoms with E-state index >= 15 is 0 Å². The van der Waals surface area contributed by atoms with Gasteiger partial charge in [0.05, 0.1) is 29.0 Å². The van der Waals surface area contributed by atoms with Gasteiger partial charge < -0.3 is 19.9 Å². The quantitative estimate of drug-likeness (QED) is 0.0589. The minimum Gasteiger partial charge on any atom is -0.392 e. The second kappa shape index (κ2) is 16.3. The number of hydroxylamine groups is 1. The first-order chi connectivity index (χ1) is 23.5. The molecule has 4 aromatic carbocycles. The number of hydrogen-bond acceptors (Lipinski definition) is 9. The van der Waals surface area contributed by atoms with Crippen LogP contribution in [-0.2, 0) is 32.2 Å². The third-order valence-corrected chi connectivity index (χ3v) is 10.5. The van der Waals surface area contributed by atoms with Crippen molar-refractivity contribution in [1.82, 2.24) is 15.8 Å². The van der Waals surface area contributed by atoms with E-state index in [0.717, 1.165) is 49.0 Å². The number of ether oxygens (including phenoxy) is 2. The van der Waals surface area contributed by atoms with Crippen molar-refractivity contribution >= 4 is 45.1 Å². The zero-order valence-electron chi connectivity index (χ0n) is 26.2. The number of benzene rings is 4. The van der Waals surface area contributed by atoms with Crippen molar-refractivity contribution in [3.8, 4) is 11.1 Å². The summed E-state index contributed by atoms with van der Waals surface area (Å²) in [5.41, 5.74) is 8.41. The van der Waals surface area contributed by atoms with E-state index in [1.54, 1.807) is 28.6 Å². The number of hydrogen-bond donors (Lipinski definition) is 4. The Morgan fingerprint density at radius 3 is 2.40 bits per heavy atom. The molecule has 48 heavy (non-hydrogen) atoms. The molecule has 1 aliphatic rings. The summed E-state index contributed by atoms with van der Waals surface area (Å²) < 4.78 is 15.3. The van der Waals surface area contributed by atoms with Crippen LogP contribution in [0.15, 0.2) is 101 Å². The number of aromatic nitrogens is 1. The highest BCUT2D eigenvalue weighted by Gasteiger charge is 2.32. The van der Waals surface area contributed by atoms with Gasteiger partial charge in [-0.3, -0.25) is 14.8 Å². The minimum atomic E-state index is -0.554. The lowest BCUT2D eigenvalue weighted by molar-refractivity contribution is -0.245. The smallest absolute Gasteiger partial charge is 0.243 e. The fraction of sp³-hybridized carbons (Fsp3) is 0.270. The number of nitrogens with one attached hydrogen (secondary N) is 2. The molecular formula is C37H37N3O6S2. The number of fused-ring (bicyclic) bond motifs is 1. The van der Waals surface area contributed by atoms with E-state index in [1.807, 2.05) is 78.9 Å². The van der Waals surface area contributed by atoms with Crippen LogP contribution in [-0.4, -0.2) is 39.0 Å². The molecule has 6 rings (SSSR count). The Morgan fingerprint density at radius 1 is 0.854 bits per heavy atom. The van der Waals surface area contributed by atoms with Crippen molar-refractivity contribution in [2.75, 3.05) is 5.75 Å². The number of thiazole rings is 1. The van der Waals surface area contributed by atoms with Crippen LogP contribution >= 0.6 is 23.1 Å². The van der Waals surface area contributed by atoms with E-state index in [1.165, 1.54) is 4.70 Å². The van der Waals surface area contributed by atoms with Crippen LogP contribution < -0.4 is 10.8 Å². The first-order valence-corrected chi connectivity index (χ1v) is 17.7. The molecule has 0 bridgehead atoms. The Labute approximate surface area is 287 Å². The maximum atomic E-state index is 12.2. The van der Waals surface area contributed by atoms with Gasteiger partial charge in [0.25, 0.3) is 0 Å². The van der Waals surface area contributed by atoms with Crippen molar-refractivity contribution in [2.24, 2.45) is 0 Å². The molecule has 3 atom stereocenters. The number of aliphatic hydroxyl groups is 1. The monoisotopic (exact) mass is 683 g/mol. The highest BCUT2D eigenvalue weighted by Crippen LogP contribution is 2.40. The molecule has 0 radical (unpaired) electrons. The van der Waals surface area contributed by atoms with Crippen LogP contribution in [0.5, 0.6) is 0 Å². The molecule has 2 heterocycles. The summed E-state index contributed by atoms with van der Waals surface area (Å²) in [6.07, 6.45) is 0.564. The van der Waals surface area contributed by atoms with E-state index in [0.29, 0.717) is 19.4 Å². The molecule has 1 aromatic heterocycles. The van der Waals surface area contributed by atoms with Gasteiger partial charge in [-0.15, -0.1) is 11.3 Å². The maximum absolute atomic E-state index is 12.2. The van der Waals surface area contributed by atoms with Crippen LogP contribution in [0, 0.1) is 0 Å². The van der Waals surface area contributed by atoms with Gasteiger partial charge in [-0.25, -0.2) is 10.5 Å². The minimum absolute atomic E-state index is 0.00371. The molecule has 9 nitrogen and oxygen atoms in total. The van der Waals surface area contributed by atoms with Crippen molar-refractivity contribution in [2.45, 2.75) is 61.7 Å². The van der Waals surface area contributed by atoms with Crippen LogP contribution in [0.3, 0.4) is 0 Å². The van der Waals surface area contributed by atoms with Crippen LogP contribution in [0.2, 0.25) is 0 Å². The van der Waals surface area contributed by atoms with Crippen molar-refractivity contribution in [3.05, 3.63) is 119 Å². The van der Waals surface area contributed by atoms with E-state index < -0.39 is 12.2 Å². The van der Waals surface area contributed by atoms with Gasteiger partial charge >= 0.3 is 0 Å². The first kappa shape index (κ1) is 33.8. The van der Waals surface area contributed by atoms with E-state index in [4.69, 9.17) is 19.7 Å². The highest BCUT2D eigenvalue weighted by atomic mass is 32.2. The summed E-state index contributed by atoms with van der Waals surface area (Å²) in [5.74, 6) is 0.0860. The number of carbonyl (C=O) groups is 2. The fourth-order valence-corrected chi connectivity index (χ4v) is 7.66. The van der Waals surface area contributed by atoms with Gasteiger partial charge in [-0.05, 0) is 52.4 Å². The molecule has 0 aliphatic carbocycles. The highest BCUT2D eigenvalue weighted by molar-refractivity contribution is 8.01. The Morgan fingerprint density at radius 2 is 1.62 bits per heavy atom. The summed E-state index contributed by atoms with van der Waals surface area (Å²) in [5, 5.41) is 21.0. The maximum Gasteiger partial charge on any atom is 0.243 e. The Kier molecular flexibility index (Phi) is 11.5. The SMILES string of the molecule is O=C(CCCC(=O)NCc1cccc(-c2ccc([C@H]3O[C@@H](CSc4nc5ccccc5s4)C[C@@H](c4ccc(CO)cc4)O3)cc2)c1)NO. The second-order valence-corrected chi connectivity index (χ2v) is 13.9. The average molecular weight is 684 g/mol. The lowest BCUT2D eigenvalue weighted by Gasteiger charge is -2.36. The Hall–Kier alpha value is -4.10. The largest absolute Gasteiger partial charge is 0.392 e. The van der Waals surface area contributed by atoms with Gasteiger partial charge in [0.2, 0.25) is 11.8 Å². The molecule has 11 heteroatoms. The summed E-state index contributed by atoms with van der Waals surface area (Å²) in [7, 11) is 0. The summed E-state index contributed by atoms with van der Waals surface area (Å²) >= 11 is 3.40. The van der Waals surface area contributed by atoms with E-state index in [2.05, 4.69) is 23.5 Å². The van der Waals surface area contributed by atoms with Crippen molar-refractivity contribution in [3.63, 3.8) is 0 Å². The zero-order chi connectivity index (χ0) is 33.3. The summed E-state index contributed by atoms with van der Waals surface area (Å²) in [6.45, 7) is 0.369. The number of aliphatic hydroxyl groups excluding tert-OH is 1. The van der Waals surface area contributed by atoms with Crippen LogP contribution in [0.25, 0.3) is 21.3 Å². The summed E-state index contributed by atoms with van der Waals surface area (Å²) in [6, 6.07) is 32.2. The molecule has 4 N–H and O–H groups in total. The Balaban J connectivity index is 1.12. The van der Waals surface area contributed by atoms with Crippen LogP contribution in [0.1, 0.15) is 60.3 Å². The molecule has 1 fully saturated rings. The topological polar surface area (TPSA) is 130 Å². The molecule has 0 spiro atoms. The predicted molar refractivity (Wildman–Crippen MR) is 186 cm³/mol. The number of para-hydroxylation sites is 1. The molecule has 248 valence electrons. The molecule has 2 amide bonds. The number of rotatable bonds is 13. The van der Waals surface area contributed by atoms with Crippen molar-refractivity contribution < 1.29 is 29.4 Å². The van der Waals surface area contributed by atoms with Gasteiger partial charge in [0, 0.05) is 37.1 Å². The van der Waals surface area contributed by atoms with Gasteiger partial charge in [-0.1, -0.05) is 90.6 Å². The first-order valence-electron chi connectivity index (χ1n) is 15.9. The third-order valence-electron chi connectivity index (χ3n) is 8.15. The normalized spacial score (nSPS) is 17.7. The summed E-state index contributed by atoms with van der Waals surface area (Å²) in [4.78, 5) is 28.1. The third kappa shape index (κ3) is 8.87. The lowest BCUT2D eigenvalue weighted by atomic mass is 9.99. The second-order valence-electron chi connectivity index (χ2n) is 11.6. The van der Waals surface area contributed by atoms with Gasteiger partial charge in [0.1, 0.15) is 0 Å². The average Bonchev–Trinajstić information content (AvgIpc) is 3.56. The number of thioether (sulfide) groups is 1. The van der Waals surface area contributed by atoms with Gasteiger partial charge in [-0.2, -0.15) is 0 Å². The molecule has 1 saturated heterocycles. The number of nitrogens with zero attached hydrogens (tertiary/aromatic N) is 1. The Bertz CT molecular complexity index is 1800. The molecule has 5 aromatic rings.